The lowest BCUT2D eigenvalue weighted by atomic mass is 9.87. The number of carbonyl (C=O) groups is 1. The van der Waals surface area contributed by atoms with Crippen LogP contribution in [0.5, 0.6) is 0 Å². The average Bonchev–Trinajstić information content (AvgIpc) is 2.84. The van der Waals surface area contributed by atoms with Crippen molar-refractivity contribution in [1.29, 1.82) is 0 Å². The minimum absolute atomic E-state index is 0.118. The molecule has 0 radical (unpaired) electrons. The van der Waals surface area contributed by atoms with Crippen LogP contribution >= 0.6 is 0 Å². The monoisotopic (exact) mass is 236 g/mol. The lowest BCUT2D eigenvalue weighted by molar-refractivity contribution is -0.140. The van der Waals surface area contributed by atoms with Crippen LogP contribution in [0.3, 0.4) is 0 Å². The first-order valence-corrected chi connectivity index (χ1v) is 6.62. The Morgan fingerprint density at radius 1 is 1.47 bits per heavy atom. The first-order chi connectivity index (χ1) is 7.93. The van der Waals surface area contributed by atoms with Crippen LogP contribution in [0, 0.1) is 5.92 Å². The highest BCUT2D eigenvalue weighted by atomic mass is 16.2. The van der Waals surface area contributed by atoms with Gasteiger partial charge in [0.25, 0.3) is 0 Å². The number of nitrogens with zero attached hydrogens (tertiary/aromatic N) is 1. The molecule has 0 aliphatic carbocycles. The first-order valence-electron chi connectivity index (χ1n) is 6.62. The summed E-state index contributed by atoms with van der Waals surface area (Å²) in [5.74, 6) is 0.491. The van der Waals surface area contributed by atoms with Gasteiger partial charge in [-0.25, -0.2) is 0 Å². The molecule has 1 amide bonds. The van der Waals surface area contributed by atoms with Crippen LogP contribution in [-0.2, 0) is 4.79 Å². The summed E-state index contributed by atoms with van der Waals surface area (Å²) < 4.78 is 0. The fourth-order valence-electron chi connectivity index (χ4n) is 3.12. The van der Waals surface area contributed by atoms with Crippen molar-refractivity contribution in [3.8, 4) is 0 Å². The normalized spacial score (nSPS) is 31.6. The van der Waals surface area contributed by atoms with Gasteiger partial charge in [0, 0.05) is 24.2 Å². The largest absolute Gasteiger partial charge is 0.334 e. The van der Waals surface area contributed by atoms with E-state index in [1.807, 2.05) is 11.0 Å². The van der Waals surface area contributed by atoms with Crippen molar-refractivity contribution in [3.05, 3.63) is 12.7 Å². The molecule has 2 fully saturated rings. The SMILES string of the molecule is C=CCN(C(=O)C1CC2CCC1N2)C(C)(C)C. The third kappa shape index (κ3) is 2.39. The van der Waals surface area contributed by atoms with E-state index < -0.39 is 0 Å². The molecule has 3 nitrogen and oxygen atoms in total. The summed E-state index contributed by atoms with van der Waals surface area (Å²) in [6.45, 7) is 10.7. The molecule has 3 unspecified atom stereocenters. The molecular weight excluding hydrogens is 212 g/mol. The van der Waals surface area contributed by atoms with Gasteiger partial charge < -0.3 is 10.2 Å². The molecule has 3 atom stereocenters. The summed E-state index contributed by atoms with van der Waals surface area (Å²) in [6.07, 6.45) is 5.25. The minimum Gasteiger partial charge on any atom is -0.334 e. The average molecular weight is 236 g/mol. The van der Waals surface area contributed by atoms with Crippen molar-refractivity contribution in [2.45, 2.75) is 57.7 Å². The third-order valence-electron chi connectivity index (χ3n) is 4.00. The van der Waals surface area contributed by atoms with E-state index in [0.717, 1.165) is 12.8 Å². The van der Waals surface area contributed by atoms with E-state index >= 15 is 0 Å². The standard InChI is InChI=1S/C14H24N2O/c1-5-8-16(14(2,3)4)13(17)11-9-10-6-7-12(11)15-10/h5,10-12,15H,1,6-9H2,2-4H3. The van der Waals surface area contributed by atoms with E-state index in [2.05, 4.69) is 32.7 Å². The smallest absolute Gasteiger partial charge is 0.228 e. The van der Waals surface area contributed by atoms with Gasteiger partial charge in [-0.3, -0.25) is 4.79 Å². The molecule has 0 aromatic rings. The second-order valence-electron chi connectivity index (χ2n) is 6.30. The zero-order chi connectivity index (χ0) is 12.6. The molecule has 2 rings (SSSR count). The Morgan fingerprint density at radius 2 is 2.18 bits per heavy atom. The van der Waals surface area contributed by atoms with Gasteiger partial charge in [-0.15, -0.1) is 6.58 Å². The van der Waals surface area contributed by atoms with Crippen LogP contribution in [0.2, 0.25) is 0 Å². The van der Waals surface area contributed by atoms with Gasteiger partial charge >= 0.3 is 0 Å². The van der Waals surface area contributed by atoms with Crippen LogP contribution in [-0.4, -0.2) is 35.0 Å². The fraction of sp³-hybridized carbons (Fsp3) is 0.786. The Labute approximate surface area is 104 Å². The Kier molecular flexibility index (Phi) is 3.30. The molecule has 17 heavy (non-hydrogen) atoms. The Morgan fingerprint density at radius 3 is 2.59 bits per heavy atom. The molecule has 3 heteroatoms. The second-order valence-corrected chi connectivity index (χ2v) is 6.30. The van der Waals surface area contributed by atoms with E-state index in [4.69, 9.17) is 0 Å². The minimum atomic E-state index is -0.118. The Balaban J connectivity index is 2.09. The molecule has 2 aliphatic heterocycles. The van der Waals surface area contributed by atoms with Crippen LogP contribution < -0.4 is 5.32 Å². The van der Waals surface area contributed by atoms with Crippen molar-refractivity contribution in [2.75, 3.05) is 6.54 Å². The quantitative estimate of drug-likeness (QED) is 0.760. The van der Waals surface area contributed by atoms with Crippen molar-refractivity contribution >= 4 is 5.91 Å². The van der Waals surface area contributed by atoms with Crippen LogP contribution in [0.4, 0.5) is 0 Å². The van der Waals surface area contributed by atoms with Crippen LogP contribution in [0.15, 0.2) is 12.7 Å². The molecule has 96 valence electrons. The zero-order valence-electron chi connectivity index (χ0n) is 11.2. The summed E-state index contributed by atoms with van der Waals surface area (Å²) in [7, 11) is 0. The van der Waals surface area contributed by atoms with Crippen molar-refractivity contribution in [2.24, 2.45) is 5.92 Å². The van der Waals surface area contributed by atoms with E-state index in [0.29, 0.717) is 24.5 Å². The van der Waals surface area contributed by atoms with Gasteiger partial charge in [-0.2, -0.15) is 0 Å². The van der Waals surface area contributed by atoms with Gasteiger partial charge in [0.15, 0.2) is 0 Å². The second kappa shape index (κ2) is 4.45. The van der Waals surface area contributed by atoms with E-state index in [1.54, 1.807) is 0 Å². The van der Waals surface area contributed by atoms with Gasteiger partial charge in [-0.05, 0) is 40.0 Å². The molecule has 2 bridgehead atoms. The molecular formula is C14H24N2O. The first kappa shape index (κ1) is 12.6. The molecule has 1 N–H and O–H groups in total. The number of fused-ring (bicyclic) bond motifs is 2. The molecule has 0 spiro atoms. The van der Waals surface area contributed by atoms with Crippen molar-refractivity contribution < 1.29 is 4.79 Å². The van der Waals surface area contributed by atoms with E-state index in [9.17, 15) is 4.79 Å². The number of rotatable bonds is 3. The molecule has 2 aliphatic rings. The maximum Gasteiger partial charge on any atom is 0.228 e. The Bertz CT molecular complexity index is 319. The summed E-state index contributed by atoms with van der Waals surface area (Å²) in [6, 6.07) is 1.00. The maximum atomic E-state index is 12.6. The maximum absolute atomic E-state index is 12.6. The number of hydrogen-bond acceptors (Lipinski definition) is 2. The molecule has 2 heterocycles. The predicted molar refractivity (Wildman–Crippen MR) is 69.7 cm³/mol. The highest BCUT2D eigenvalue weighted by Crippen LogP contribution is 2.35. The lowest BCUT2D eigenvalue weighted by Gasteiger charge is -2.38. The summed E-state index contributed by atoms with van der Waals surface area (Å²) in [5.41, 5.74) is -0.118. The highest BCUT2D eigenvalue weighted by Gasteiger charge is 2.45. The number of amides is 1. The summed E-state index contributed by atoms with van der Waals surface area (Å²) in [4.78, 5) is 14.6. The summed E-state index contributed by atoms with van der Waals surface area (Å²) in [5, 5.41) is 3.53. The van der Waals surface area contributed by atoms with Gasteiger partial charge in [0.2, 0.25) is 5.91 Å². The zero-order valence-corrected chi connectivity index (χ0v) is 11.2. The van der Waals surface area contributed by atoms with E-state index in [1.165, 1.54) is 6.42 Å². The van der Waals surface area contributed by atoms with Crippen LogP contribution in [0.1, 0.15) is 40.0 Å². The van der Waals surface area contributed by atoms with E-state index in [-0.39, 0.29) is 11.5 Å². The molecule has 0 aromatic carbocycles. The molecule has 0 saturated carbocycles. The lowest BCUT2D eigenvalue weighted by Crippen LogP contribution is -2.50. The number of carbonyl (C=O) groups excluding carboxylic acids is 1. The van der Waals surface area contributed by atoms with Gasteiger partial charge in [-0.1, -0.05) is 6.08 Å². The van der Waals surface area contributed by atoms with Crippen LogP contribution in [0.25, 0.3) is 0 Å². The highest BCUT2D eigenvalue weighted by molar-refractivity contribution is 5.81. The predicted octanol–water partition coefficient (Wildman–Crippen LogP) is 1.94. The van der Waals surface area contributed by atoms with Crippen molar-refractivity contribution in [1.82, 2.24) is 10.2 Å². The summed E-state index contributed by atoms with van der Waals surface area (Å²) >= 11 is 0. The molecule has 0 aromatic heterocycles. The van der Waals surface area contributed by atoms with Crippen molar-refractivity contribution in [3.63, 3.8) is 0 Å². The number of nitrogens with one attached hydrogen (secondary N) is 1. The fourth-order valence-corrected chi connectivity index (χ4v) is 3.12. The molecule has 2 saturated heterocycles. The topological polar surface area (TPSA) is 32.3 Å². The van der Waals surface area contributed by atoms with Gasteiger partial charge in [0.05, 0.1) is 5.92 Å². The third-order valence-corrected chi connectivity index (χ3v) is 4.00. The Hall–Kier alpha value is -0.830. The van der Waals surface area contributed by atoms with Gasteiger partial charge in [0.1, 0.15) is 0 Å². The number of hydrogen-bond donors (Lipinski definition) is 1.